The van der Waals surface area contributed by atoms with E-state index in [1.54, 1.807) is 12.4 Å². The predicted molar refractivity (Wildman–Crippen MR) is 116 cm³/mol. The molecule has 7 heteroatoms. The molecule has 0 spiro atoms. The number of aromatic nitrogens is 3. The second kappa shape index (κ2) is 8.53. The molecule has 0 radical (unpaired) electrons. The molecule has 2 aromatic heterocycles. The third-order valence-corrected chi connectivity index (χ3v) is 5.22. The Labute approximate surface area is 176 Å². The Balaban J connectivity index is 1.52. The summed E-state index contributed by atoms with van der Waals surface area (Å²) in [6.45, 7) is 10.7. The zero-order valence-electron chi connectivity index (χ0n) is 17.8. The largest absolute Gasteiger partial charge is 0.492 e. The number of nitrogens with one attached hydrogen (secondary N) is 1. The van der Waals surface area contributed by atoms with E-state index in [-0.39, 0.29) is 5.78 Å². The highest BCUT2D eigenvalue weighted by molar-refractivity contribution is 6.08. The number of hydrogen-bond acceptors (Lipinski definition) is 6. The summed E-state index contributed by atoms with van der Waals surface area (Å²) in [6, 6.07) is 7.83. The molecule has 7 nitrogen and oxygen atoms in total. The van der Waals surface area contributed by atoms with E-state index in [4.69, 9.17) is 14.5 Å². The molecule has 0 amide bonds. The number of Topliss-reactive ketones (excluding diaryl/α,β-unsaturated/α-hetero) is 1. The number of morpholine rings is 1. The molecule has 158 valence electrons. The summed E-state index contributed by atoms with van der Waals surface area (Å²) >= 11 is 0. The van der Waals surface area contributed by atoms with Gasteiger partial charge in [0.15, 0.2) is 11.4 Å². The van der Waals surface area contributed by atoms with Crippen LogP contribution in [0.15, 0.2) is 36.7 Å². The van der Waals surface area contributed by atoms with Gasteiger partial charge in [0.25, 0.3) is 0 Å². The fourth-order valence-electron chi connectivity index (χ4n) is 3.47. The molecule has 1 aliphatic heterocycles. The van der Waals surface area contributed by atoms with Crippen LogP contribution in [0.1, 0.15) is 31.1 Å². The maximum absolute atomic E-state index is 12.8. The van der Waals surface area contributed by atoms with E-state index in [1.807, 2.05) is 45.0 Å². The highest BCUT2D eigenvalue weighted by Crippen LogP contribution is 2.28. The number of hydrogen-bond donors (Lipinski definition) is 1. The SMILES string of the molecule is CC(C)(C)C(=O)c1c[nH]c2ncc(-c3cccc(OCCN4CCOCC4)c3)nc12. The molecule has 1 aromatic carbocycles. The van der Waals surface area contributed by atoms with Gasteiger partial charge < -0.3 is 14.5 Å². The molecule has 3 heterocycles. The normalized spacial score (nSPS) is 15.4. The molecule has 1 aliphatic rings. The molecule has 3 aromatic rings. The van der Waals surface area contributed by atoms with Gasteiger partial charge in [0.2, 0.25) is 0 Å². The van der Waals surface area contributed by atoms with E-state index in [0.29, 0.717) is 29.0 Å². The van der Waals surface area contributed by atoms with E-state index in [9.17, 15) is 4.79 Å². The van der Waals surface area contributed by atoms with E-state index in [0.717, 1.165) is 44.2 Å². The van der Waals surface area contributed by atoms with Gasteiger partial charge in [-0.05, 0) is 12.1 Å². The van der Waals surface area contributed by atoms with Crippen LogP contribution >= 0.6 is 0 Å². The van der Waals surface area contributed by atoms with Crippen LogP contribution in [-0.2, 0) is 4.74 Å². The van der Waals surface area contributed by atoms with Gasteiger partial charge >= 0.3 is 0 Å². The quantitative estimate of drug-likeness (QED) is 0.628. The van der Waals surface area contributed by atoms with Gasteiger partial charge in [-0.25, -0.2) is 9.97 Å². The Morgan fingerprint density at radius 1 is 1.27 bits per heavy atom. The minimum absolute atomic E-state index is 0.0420. The summed E-state index contributed by atoms with van der Waals surface area (Å²) in [5.74, 6) is 0.836. The van der Waals surface area contributed by atoms with E-state index >= 15 is 0 Å². The lowest BCUT2D eigenvalue weighted by Gasteiger charge is -2.26. The summed E-state index contributed by atoms with van der Waals surface area (Å²) in [5, 5.41) is 0. The van der Waals surface area contributed by atoms with E-state index in [1.165, 1.54) is 0 Å². The van der Waals surface area contributed by atoms with Crippen molar-refractivity contribution < 1.29 is 14.3 Å². The highest BCUT2D eigenvalue weighted by Gasteiger charge is 2.26. The third-order valence-electron chi connectivity index (χ3n) is 5.22. The number of ketones is 1. The van der Waals surface area contributed by atoms with Gasteiger partial charge in [-0.1, -0.05) is 32.9 Å². The van der Waals surface area contributed by atoms with Crippen molar-refractivity contribution in [3.8, 4) is 17.0 Å². The molecule has 0 atom stereocenters. The smallest absolute Gasteiger partial charge is 0.171 e. The lowest BCUT2D eigenvalue weighted by Crippen LogP contribution is -2.38. The van der Waals surface area contributed by atoms with Gasteiger partial charge in [-0.2, -0.15) is 0 Å². The molecule has 1 saturated heterocycles. The van der Waals surface area contributed by atoms with Crippen molar-refractivity contribution in [1.29, 1.82) is 0 Å². The number of rotatable bonds is 6. The standard InChI is InChI=1S/C23H28N4O3/c1-23(2,3)21(28)18-14-24-22-20(18)26-19(15-25-22)16-5-4-6-17(13-16)30-12-9-27-7-10-29-11-8-27/h4-6,13-15H,7-12H2,1-3H3,(H,24,25). The van der Waals surface area contributed by atoms with Crippen molar-refractivity contribution in [2.24, 2.45) is 5.41 Å². The van der Waals surface area contributed by atoms with Crippen LogP contribution in [-0.4, -0.2) is 65.1 Å². The third kappa shape index (κ3) is 4.52. The first-order chi connectivity index (χ1) is 14.4. The fourth-order valence-corrected chi connectivity index (χ4v) is 3.47. The topological polar surface area (TPSA) is 80.3 Å². The molecular weight excluding hydrogens is 380 g/mol. The molecule has 4 rings (SSSR count). The van der Waals surface area contributed by atoms with E-state index in [2.05, 4.69) is 14.9 Å². The molecule has 30 heavy (non-hydrogen) atoms. The lowest BCUT2D eigenvalue weighted by atomic mass is 9.87. The first-order valence-electron chi connectivity index (χ1n) is 10.3. The Morgan fingerprint density at radius 2 is 2.07 bits per heavy atom. The molecule has 0 aliphatic carbocycles. The zero-order chi connectivity index (χ0) is 21.1. The second-order valence-electron chi connectivity index (χ2n) is 8.56. The Morgan fingerprint density at radius 3 is 2.83 bits per heavy atom. The van der Waals surface area contributed by atoms with Gasteiger partial charge in [0.05, 0.1) is 30.7 Å². The molecule has 0 bridgehead atoms. The zero-order valence-corrected chi connectivity index (χ0v) is 17.8. The molecule has 0 unspecified atom stereocenters. The van der Waals surface area contributed by atoms with Crippen LogP contribution in [0.25, 0.3) is 22.4 Å². The van der Waals surface area contributed by atoms with Gasteiger partial charge in [-0.3, -0.25) is 9.69 Å². The molecule has 1 fully saturated rings. The highest BCUT2D eigenvalue weighted by atomic mass is 16.5. The molecular formula is C23H28N4O3. The molecule has 0 saturated carbocycles. The minimum atomic E-state index is -0.485. The van der Waals surface area contributed by atoms with Crippen LogP contribution in [0.3, 0.4) is 0 Å². The minimum Gasteiger partial charge on any atom is -0.492 e. The second-order valence-corrected chi connectivity index (χ2v) is 8.56. The predicted octanol–water partition coefficient (Wildman–Crippen LogP) is 3.56. The van der Waals surface area contributed by atoms with Gasteiger partial charge in [0, 0.05) is 36.8 Å². The first-order valence-corrected chi connectivity index (χ1v) is 10.3. The van der Waals surface area contributed by atoms with Crippen molar-refractivity contribution in [2.45, 2.75) is 20.8 Å². The summed E-state index contributed by atoms with van der Waals surface area (Å²) in [4.78, 5) is 27.4. The molecule has 1 N–H and O–H groups in total. The van der Waals surface area contributed by atoms with Crippen molar-refractivity contribution in [3.05, 3.63) is 42.2 Å². The van der Waals surface area contributed by atoms with Crippen LogP contribution in [0, 0.1) is 5.41 Å². The maximum atomic E-state index is 12.8. The average Bonchev–Trinajstić information content (AvgIpc) is 3.16. The Bertz CT molecular complexity index is 1030. The number of carbonyl (C=O) groups excluding carboxylic acids is 1. The summed E-state index contributed by atoms with van der Waals surface area (Å²) in [5.41, 5.74) is 2.92. The lowest BCUT2D eigenvalue weighted by molar-refractivity contribution is 0.0322. The van der Waals surface area contributed by atoms with Gasteiger partial charge in [-0.15, -0.1) is 0 Å². The Hall–Kier alpha value is -2.77. The fraction of sp³-hybridized carbons (Fsp3) is 0.435. The number of fused-ring (bicyclic) bond motifs is 1. The van der Waals surface area contributed by atoms with Crippen molar-refractivity contribution in [3.63, 3.8) is 0 Å². The number of ether oxygens (including phenoxy) is 2. The van der Waals surface area contributed by atoms with Crippen LogP contribution in [0.2, 0.25) is 0 Å². The van der Waals surface area contributed by atoms with Crippen LogP contribution < -0.4 is 4.74 Å². The van der Waals surface area contributed by atoms with E-state index < -0.39 is 5.41 Å². The summed E-state index contributed by atoms with van der Waals surface area (Å²) < 4.78 is 11.3. The summed E-state index contributed by atoms with van der Waals surface area (Å²) in [6.07, 6.45) is 3.42. The van der Waals surface area contributed by atoms with Crippen molar-refractivity contribution >= 4 is 16.9 Å². The van der Waals surface area contributed by atoms with Crippen LogP contribution in [0.5, 0.6) is 5.75 Å². The monoisotopic (exact) mass is 408 g/mol. The first kappa shape index (κ1) is 20.5. The average molecular weight is 409 g/mol. The van der Waals surface area contributed by atoms with Crippen LogP contribution in [0.4, 0.5) is 0 Å². The maximum Gasteiger partial charge on any atom is 0.171 e. The Kier molecular flexibility index (Phi) is 5.83. The number of carbonyl (C=O) groups is 1. The van der Waals surface area contributed by atoms with Crippen molar-refractivity contribution in [1.82, 2.24) is 19.9 Å². The van der Waals surface area contributed by atoms with Gasteiger partial charge in [0.1, 0.15) is 17.9 Å². The number of nitrogens with zero attached hydrogens (tertiary/aromatic N) is 3. The number of benzene rings is 1. The van der Waals surface area contributed by atoms with Crippen molar-refractivity contribution in [2.75, 3.05) is 39.5 Å². The number of aromatic amines is 1. The summed E-state index contributed by atoms with van der Waals surface area (Å²) in [7, 11) is 0. The number of H-pyrrole nitrogens is 1.